The van der Waals surface area contributed by atoms with Crippen LogP contribution < -0.4 is 11.1 Å². The minimum atomic E-state index is -0.280. The summed E-state index contributed by atoms with van der Waals surface area (Å²) in [5, 5.41) is 30.9. The second kappa shape index (κ2) is 7.16. The van der Waals surface area contributed by atoms with Gasteiger partial charge >= 0.3 is 0 Å². The molecule has 6 N–H and O–H groups in total. The molecule has 0 radical (unpaired) electrons. The van der Waals surface area contributed by atoms with Crippen LogP contribution in [0.15, 0.2) is 11.1 Å². The molecule has 5 atom stereocenters. The van der Waals surface area contributed by atoms with E-state index in [1.54, 1.807) is 11.1 Å². The van der Waals surface area contributed by atoms with E-state index in [0.29, 0.717) is 24.8 Å². The number of guanidine groups is 1. The SMILES string of the molecule is CC1(C)CCC2=C1CC[C@H]([C@@]1(C)CC[C@H](O)C[C@@H]1CO)[C@H]2CNC(=N)N. The minimum absolute atomic E-state index is 0.0301. The third-order valence-electron chi connectivity index (χ3n) is 7.95. The molecule has 148 valence electrons. The average Bonchev–Trinajstić information content (AvgIpc) is 2.90. The molecule has 3 aliphatic carbocycles. The number of aliphatic hydroxyl groups excluding tert-OH is 2. The van der Waals surface area contributed by atoms with Crippen molar-refractivity contribution in [3.8, 4) is 0 Å². The molecule has 0 aromatic heterocycles. The van der Waals surface area contributed by atoms with E-state index in [-0.39, 0.29) is 35.4 Å². The van der Waals surface area contributed by atoms with Gasteiger partial charge in [0.15, 0.2) is 5.96 Å². The Hall–Kier alpha value is -1.07. The van der Waals surface area contributed by atoms with E-state index < -0.39 is 0 Å². The number of allylic oxidation sites excluding steroid dienone is 1. The first kappa shape index (κ1) is 19.7. The lowest BCUT2D eigenvalue weighted by molar-refractivity contribution is -0.0579. The molecule has 0 aromatic carbocycles. The number of nitrogens with one attached hydrogen (secondary N) is 2. The molecule has 26 heavy (non-hydrogen) atoms. The third-order valence-corrected chi connectivity index (χ3v) is 7.95. The molecule has 0 heterocycles. The molecule has 0 aliphatic heterocycles. The van der Waals surface area contributed by atoms with Gasteiger partial charge < -0.3 is 21.3 Å². The largest absolute Gasteiger partial charge is 0.396 e. The smallest absolute Gasteiger partial charge is 0.185 e. The van der Waals surface area contributed by atoms with Gasteiger partial charge in [0.05, 0.1) is 6.10 Å². The van der Waals surface area contributed by atoms with Crippen molar-refractivity contribution in [1.82, 2.24) is 5.32 Å². The van der Waals surface area contributed by atoms with E-state index in [0.717, 1.165) is 32.1 Å². The zero-order valence-corrected chi connectivity index (χ0v) is 16.6. The van der Waals surface area contributed by atoms with Crippen molar-refractivity contribution >= 4 is 5.96 Å². The fourth-order valence-electron chi connectivity index (χ4n) is 6.28. The third kappa shape index (κ3) is 3.40. The van der Waals surface area contributed by atoms with Crippen molar-refractivity contribution in [3.63, 3.8) is 0 Å². The summed E-state index contributed by atoms with van der Waals surface area (Å²) >= 11 is 0. The van der Waals surface area contributed by atoms with Crippen LogP contribution in [0.25, 0.3) is 0 Å². The summed E-state index contributed by atoms with van der Waals surface area (Å²) < 4.78 is 0. The maximum absolute atomic E-state index is 10.1. The lowest BCUT2D eigenvalue weighted by Gasteiger charge is -2.52. The van der Waals surface area contributed by atoms with Crippen LogP contribution in [-0.2, 0) is 0 Å². The molecule has 3 rings (SSSR count). The molecule has 0 unspecified atom stereocenters. The van der Waals surface area contributed by atoms with E-state index in [4.69, 9.17) is 11.1 Å². The van der Waals surface area contributed by atoms with Crippen LogP contribution in [0.2, 0.25) is 0 Å². The van der Waals surface area contributed by atoms with Gasteiger partial charge in [-0.15, -0.1) is 0 Å². The Bertz CT molecular complexity index is 586. The molecule has 0 bridgehead atoms. The zero-order chi connectivity index (χ0) is 19.1. The summed E-state index contributed by atoms with van der Waals surface area (Å²) in [5.41, 5.74) is 9.14. The highest BCUT2D eigenvalue weighted by Crippen LogP contribution is 2.59. The van der Waals surface area contributed by atoms with Gasteiger partial charge in [0, 0.05) is 19.1 Å². The van der Waals surface area contributed by atoms with Crippen LogP contribution >= 0.6 is 0 Å². The summed E-state index contributed by atoms with van der Waals surface area (Å²) in [6.07, 6.45) is 6.85. The molecule has 5 heteroatoms. The molecule has 0 spiro atoms. The Morgan fingerprint density at radius 1 is 1.23 bits per heavy atom. The quantitative estimate of drug-likeness (QED) is 0.301. The van der Waals surface area contributed by atoms with Crippen LogP contribution in [0.1, 0.15) is 65.7 Å². The molecule has 3 aliphatic rings. The van der Waals surface area contributed by atoms with Crippen LogP contribution in [0.5, 0.6) is 0 Å². The first-order chi connectivity index (χ1) is 12.2. The molecule has 0 saturated heterocycles. The van der Waals surface area contributed by atoms with Crippen molar-refractivity contribution in [2.75, 3.05) is 13.2 Å². The normalized spacial score (nSPS) is 39.6. The fourth-order valence-corrected chi connectivity index (χ4v) is 6.28. The number of aliphatic hydroxyl groups is 2. The standard InChI is InChI=1S/C21H37N3O2/c1-20(2)8-7-15-16(11-24-19(22)23)18(5-4-17(15)20)21(3)9-6-14(26)10-13(21)12-25/h13-14,16,18,25-26H,4-12H2,1-3H3,(H4,22,23,24)/t13-,14+,16+,18+,21+/m1/s1. The van der Waals surface area contributed by atoms with Crippen molar-refractivity contribution < 1.29 is 10.2 Å². The Kier molecular flexibility index (Phi) is 5.42. The van der Waals surface area contributed by atoms with Gasteiger partial charge in [0.2, 0.25) is 0 Å². The van der Waals surface area contributed by atoms with E-state index in [2.05, 4.69) is 26.1 Å². The molecule has 1 fully saturated rings. The second-order valence-electron chi connectivity index (χ2n) is 9.75. The van der Waals surface area contributed by atoms with E-state index in [1.165, 1.54) is 6.42 Å². The predicted molar refractivity (Wildman–Crippen MR) is 105 cm³/mol. The van der Waals surface area contributed by atoms with Gasteiger partial charge in [0.1, 0.15) is 0 Å². The number of hydrogen-bond donors (Lipinski definition) is 5. The maximum atomic E-state index is 10.1. The van der Waals surface area contributed by atoms with Gasteiger partial charge in [-0.3, -0.25) is 5.41 Å². The van der Waals surface area contributed by atoms with Crippen LogP contribution in [0, 0.1) is 34.0 Å². The fraction of sp³-hybridized carbons (Fsp3) is 0.857. The van der Waals surface area contributed by atoms with Crippen molar-refractivity contribution in [2.24, 2.45) is 34.3 Å². The highest BCUT2D eigenvalue weighted by atomic mass is 16.3. The van der Waals surface area contributed by atoms with Crippen molar-refractivity contribution in [1.29, 1.82) is 5.41 Å². The minimum Gasteiger partial charge on any atom is -0.396 e. The number of rotatable bonds is 4. The summed E-state index contributed by atoms with van der Waals surface area (Å²) in [7, 11) is 0. The summed E-state index contributed by atoms with van der Waals surface area (Å²) in [6.45, 7) is 7.91. The molecule has 1 saturated carbocycles. The van der Waals surface area contributed by atoms with E-state index in [1.807, 2.05) is 0 Å². The predicted octanol–water partition coefficient (Wildman–Crippen LogP) is 2.77. The average molecular weight is 364 g/mol. The lowest BCUT2D eigenvalue weighted by Crippen LogP contribution is -2.49. The molecule has 0 amide bonds. The molecule has 0 aromatic rings. The highest BCUT2D eigenvalue weighted by Gasteiger charge is 2.51. The van der Waals surface area contributed by atoms with Gasteiger partial charge in [-0.2, -0.15) is 0 Å². The van der Waals surface area contributed by atoms with Crippen LogP contribution in [0.4, 0.5) is 0 Å². The number of nitrogens with two attached hydrogens (primary N) is 1. The summed E-state index contributed by atoms with van der Waals surface area (Å²) in [6, 6.07) is 0. The van der Waals surface area contributed by atoms with Gasteiger partial charge in [-0.05, 0) is 67.6 Å². The first-order valence-electron chi connectivity index (χ1n) is 10.3. The summed E-state index contributed by atoms with van der Waals surface area (Å²) in [4.78, 5) is 0. The molecular weight excluding hydrogens is 326 g/mol. The Morgan fingerprint density at radius 2 is 1.96 bits per heavy atom. The van der Waals surface area contributed by atoms with Gasteiger partial charge in [-0.1, -0.05) is 31.9 Å². The Labute approximate surface area is 157 Å². The molecule has 5 nitrogen and oxygen atoms in total. The van der Waals surface area contributed by atoms with E-state index in [9.17, 15) is 10.2 Å². The molecular formula is C21H37N3O2. The maximum Gasteiger partial charge on any atom is 0.185 e. The highest BCUT2D eigenvalue weighted by molar-refractivity contribution is 5.74. The van der Waals surface area contributed by atoms with Crippen molar-refractivity contribution in [3.05, 3.63) is 11.1 Å². The number of hydrogen-bond acceptors (Lipinski definition) is 3. The van der Waals surface area contributed by atoms with Crippen LogP contribution in [0.3, 0.4) is 0 Å². The zero-order valence-electron chi connectivity index (χ0n) is 16.6. The van der Waals surface area contributed by atoms with E-state index >= 15 is 0 Å². The second-order valence-corrected chi connectivity index (χ2v) is 9.75. The van der Waals surface area contributed by atoms with Gasteiger partial charge in [0.25, 0.3) is 0 Å². The van der Waals surface area contributed by atoms with Crippen molar-refractivity contribution in [2.45, 2.75) is 71.8 Å². The van der Waals surface area contributed by atoms with Gasteiger partial charge in [-0.25, -0.2) is 0 Å². The lowest BCUT2D eigenvalue weighted by atomic mass is 9.53. The first-order valence-corrected chi connectivity index (χ1v) is 10.3. The summed E-state index contributed by atoms with van der Waals surface area (Å²) in [5.74, 6) is 1.02. The topological polar surface area (TPSA) is 102 Å². The Balaban J connectivity index is 1.93. The monoisotopic (exact) mass is 363 g/mol. The van der Waals surface area contributed by atoms with Crippen LogP contribution in [-0.4, -0.2) is 35.4 Å². The Morgan fingerprint density at radius 3 is 2.62 bits per heavy atom.